The van der Waals surface area contributed by atoms with Gasteiger partial charge in [0.15, 0.2) is 5.82 Å². The Hall–Kier alpha value is -2.03. The number of hydrogen-bond donors (Lipinski definition) is 1. The third kappa shape index (κ3) is 3.08. The molecule has 7 nitrogen and oxygen atoms in total. The van der Waals surface area contributed by atoms with Crippen molar-refractivity contribution in [3.05, 3.63) is 29.8 Å². The molecular formula is C13H16FN5O2S. The molecule has 1 aliphatic rings. The van der Waals surface area contributed by atoms with Gasteiger partial charge in [-0.05, 0) is 47.9 Å². The number of hydrogen-bond acceptors (Lipinski definition) is 5. The van der Waals surface area contributed by atoms with E-state index in [0.717, 1.165) is 12.8 Å². The van der Waals surface area contributed by atoms with Crippen molar-refractivity contribution in [1.82, 2.24) is 20.2 Å². The second-order valence-electron chi connectivity index (χ2n) is 5.31. The maximum atomic E-state index is 13.9. The minimum absolute atomic E-state index is 0.0606. The van der Waals surface area contributed by atoms with Gasteiger partial charge >= 0.3 is 0 Å². The molecule has 1 aliphatic carbocycles. The topological polar surface area (TPSA) is 89.8 Å². The molecule has 1 aromatic carbocycles. The minimum atomic E-state index is -3.56. The Kier molecular flexibility index (Phi) is 3.81. The normalized spacial score (nSPS) is 15.0. The molecule has 118 valence electrons. The smallest absolute Gasteiger partial charge is 0.232 e. The van der Waals surface area contributed by atoms with Gasteiger partial charge in [0, 0.05) is 5.92 Å². The van der Waals surface area contributed by atoms with Crippen LogP contribution in [-0.4, -0.2) is 34.4 Å². The molecule has 0 radical (unpaired) electrons. The van der Waals surface area contributed by atoms with Crippen molar-refractivity contribution >= 4 is 15.7 Å². The highest BCUT2D eigenvalue weighted by molar-refractivity contribution is 7.92. The van der Waals surface area contributed by atoms with Gasteiger partial charge in [0.05, 0.1) is 17.1 Å². The number of halogens is 1. The van der Waals surface area contributed by atoms with Gasteiger partial charge in [0.25, 0.3) is 0 Å². The van der Waals surface area contributed by atoms with Crippen molar-refractivity contribution in [3.63, 3.8) is 0 Å². The van der Waals surface area contributed by atoms with E-state index in [2.05, 4.69) is 20.2 Å². The summed E-state index contributed by atoms with van der Waals surface area (Å²) >= 11 is 0. The first-order valence-corrected chi connectivity index (χ1v) is 8.74. The molecule has 2 aromatic rings. The van der Waals surface area contributed by atoms with Gasteiger partial charge in [0.1, 0.15) is 5.82 Å². The molecule has 1 fully saturated rings. The first-order chi connectivity index (χ1) is 10.5. The molecule has 1 heterocycles. The molecule has 22 heavy (non-hydrogen) atoms. The molecule has 0 aliphatic heterocycles. The van der Waals surface area contributed by atoms with E-state index in [0.29, 0.717) is 23.9 Å². The summed E-state index contributed by atoms with van der Waals surface area (Å²) in [6.07, 6.45) is 2.50. The average Bonchev–Trinajstić information content (AvgIpc) is 3.18. The fourth-order valence-corrected chi connectivity index (χ4v) is 3.32. The van der Waals surface area contributed by atoms with E-state index in [-0.39, 0.29) is 11.4 Å². The Balaban J connectivity index is 1.94. The van der Waals surface area contributed by atoms with Crippen molar-refractivity contribution in [1.29, 1.82) is 0 Å². The summed E-state index contributed by atoms with van der Waals surface area (Å²) in [6, 6.07) is 4.14. The number of rotatable bonds is 6. The van der Waals surface area contributed by atoms with Crippen molar-refractivity contribution in [2.75, 3.05) is 10.5 Å². The summed E-state index contributed by atoms with van der Waals surface area (Å²) in [5.41, 5.74) is 0.436. The third-order valence-corrected chi connectivity index (χ3v) is 4.85. The van der Waals surface area contributed by atoms with Crippen LogP contribution in [0.1, 0.15) is 37.9 Å². The zero-order chi connectivity index (χ0) is 15.7. The lowest BCUT2D eigenvalue weighted by Gasteiger charge is -2.10. The van der Waals surface area contributed by atoms with Crippen LogP contribution < -0.4 is 4.72 Å². The van der Waals surface area contributed by atoms with Gasteiger partial charge in [-0.2, -0.15) is 4.68 Å². The predicted molar refractivity (Wildman–Crippen MR) is 78.8 cm³/mol. The third-order valence-electron chi connectivity index (χ3n) is 3.37. The van der Waals surface area contributed by atoms with E-state index in [9.17, 15) is 12.8 Å². The Morgan fingerprint density at radius 1 is 1.41 bits per heavy atom. The number of nitrogens with one attached hydrogen (secondary N) is 1. The number of nitrogens with zero attached hydrogens (tertiary/aromatic N) is 4. The second-order valence-corrected chi connectivity index (χ2v) is 7.15. The second kappa shape index (κ2) is 5.64. The largest absolute Gasteiger partial charge is 0.280 e. The highest BCUT2D eigenvalue weighted by atomic mass is 32.2. The summed E-state index contributed by atoms with van der Waals surface area (Å²) in [6.45, 7) is 1.75. The summed E-state index contributed by atoms with van der Waals surface area (Å²) in [5, 5.41) is 11.5. The Morgan fingerprint density at radius 3 is 2.86 bits per heavy atom. The van der Waals surface area contributed by atoms with Crippen LogP contribution in [0.25, 0.3) is 5.69 Å². The quantitative estimate of drug-likeness (QED) is 0.875. The molecule has 1 N–H and O–H groups in total. The van der Waals surface area contributed by atoms with Crippen LogP contribution in [0.15, 0.2) is 18.2 Å². The first-order valence-electron chi connectivity index (χ1n) is 7.09. The van der Waals surface area contributed by atoms with E-state index >= 15 is 0 Å². The summed E-state index contributed by atoms with van der Waals surface area (Å²) in [4.78, 5) is 0. The van der Waals surface area contributed by atoms with Gasteiger partial charge in [0.2, 0.25) is 10.0 Å². The van der Waals surface area contributed by atoms with E-state index in [1.165, 1.54) is 22.9 Å². The zero-order valence-electron chi connectivity index (χ0n) is 12.0. The van der Waals surface area contributed by atoms with Crippen molar-refractivity contribution in [3.8, 4) is 5.69 Å². The van der Waals surface area contributed by atoms with Crippen LogP contribution in [0.2, 0.25) is 0 Å². The molecule has 9 heteroatoms. The van der Waals surface area contributed by atoms with Gasteiger partial charge in [-0.15, -0.1) is 5.10 Å². The average molecular weight is 325 g/mol. The highest BCUT2D eigenvalue weighted by Gasteiger charge is 2.30. The predicted octanol–water partition coefficient (Wildman–Crippen LogP) is 1.83. The van der Waals surface area contributed by atoms with Crippen LogP contribution in [0, 0.1) is 5.82 Å². The number of tetrazole rings is 1. The van der Waals surface area contributed by atoms with Crippen LogP contribution in [-0.2, 0) is 10.0 Å². The van der Waals surface area contributed by atoms with Gasteiger partial charge in [-0.25, -0.2) is 12.8 Å². The Labute approximate surface area is 127 Å². The lowest BCUT2D eigenvalue weighted by molar-refractivity contribution is 0.597. The Morgan fingerprint density at radius 2 is 2.18 bits per heavy atom. The summed E-state index contributed by atoms with van der Waals surface area (Å²) in [7, 11) is -3.56. The fraction of sp³-hybridized carbons (Fsp3) is 0.462. The standard InChI is InChI=1S/C13H16FN5O2S/c1-2-7-22(20,21)16-12-8-10(5-6-11(12)14)19-13(9-3-4-9)15-17-18-19/h5-6,8-9,16H,2-4,7H2,1H3. The van der Waals surface area contributed by atoms with Crippen LogP contribution in [0.3, 0.4) is 0 Å². The number of benzene rings is 1. The van der Waals surface area contributed by atoms with Crippen LogP contribution in [0.4, 0.5) is 10.1 Å². The zero-order valence-corrected chi connectivity index (χ0v) is 12.8. The monoisotopic (exact) mass is 325 g/mol. The number of aromatic nitrogens is 4. The molecule has 0 amide bonds. The Bertz CT molecular complexity index is 785. The molecule has 1 saturated carbocycles. The maximum Gasteiger partial charge on any atom is 0.232 e. The van der Waals surface area contributed by atoms with E-state index < -0.39 is 15.8 Å². The van der Waals surface area contributed by atoms with Gasteiger partial charge in [-0.3, -0.25) is 4.72 Å². The van der Waals surface area contributed by atoms with E-state index in [4.69, 9.17) is 0 Å². The van der Waals surface area contributed by atoms with Crippen molar-refractivity contribution in [2.45, 2.75) is 32.1 Å². The van der Waals surface area contributed by atoms with Gasteiger partial charge in [-0.1, -0.05) is 6.92 Å². The molecule has 0 saturated heterocycles. The summed E-state index contributed by atoms with van der Waals surface area (Å²) in [5.74, 6) is 0.341. The molecular weight excluding hydrogens is 309 g/mol. The molecule has 1 aromatic heterocycles. The molecule has 0 spiro atoms. The summed E-state index contributed by atoms with van der Waals surface area (Å²) < 4.78 is 41.3. The van der Waals surface area contributed by atoms with Gasteiger partial charge < -0.3 is 0 Å². The lowest BCUT2D eigenvalue weighted by Crippen LogP contribution is -2.17. The fourth-order valence-electron chi connectivity index (χ4n) is 2.18. The van der Waals surface area contributed by atoms with Crippen LogP contribution in [0.5, 0.6) is 0 Å². The number of sulfonamides is 1. The number of anilines is 1. The van der Waals surface area contributed by atoms with E-state index in [1.54, 1.807) is 6.92 Å². The van der Waals surface area contributed by atoms with Crippen molar-refractivity contribution < 1.29 is 12.8 Å². The SMILES string of the molecule is CCCS(=O)(=O)Nc1cc(-n2nnnc2C2CC2)ccc1F. The minimum Gasteiger partial charge on any atom is -0.280 e. The molecule has 0 unspecified atom stereocenters. The molecule has 0 atom stereocenters. The van der Waals surface area contributed by atoms with Crippen LogP contribution >= 0.6 is 0 Å². The lowest BCUT2D eigenvalue weighted by atomic mass is 10.2. The maximum absolute atomic E-state index is 13.9. The van der Waals surface area contributed by atoms with Crippen molar-refractivity contribution in [2.24, 2.45) is 0 Å². The first kappa shape index (κ1) is 14.9. The van der Waals surface area contributed by atoms with E-state index in [1.807, 2.05) is 0 Å². The highest BCUT2D eigenvalue weighted by Crippen LogP contribution is 2.39. The molecule has 0 bridgehead atoms. The molecule has 3 rings (SSSR count).